The van der Waals surface area contributed by atoms with Crippen molar-refractivity contribution in [3.8, 4) is 0 Å². The summed E-state index contributed by atoms with van der Waals surface area (Å²) in [7, 11) is 0. The van der Waals surface area contributed by atoms with E-state index in [0.717, 1.165) is 30.3 Å². The van der Waals surface area contributed by atoms with Gasteiger partial charge < -0.3 is 5.73 Å². The molecule has 0 aromatic heterocycles. The number of hydrogen-bond donors (Lipinski definition) is 1. The van der Waals surface area contributed by atoms with E-state index in [0.29, 0.717) is 6.04 Å². The average molecular weight is 281 g/mol. The molecule has 1 aromatic carbocycles. The molecule has 106 valence electrons. The molecule has 0 spiro atoms. The van der Waals surface area contributed by atoms with E-state index in [9.17, 15) is 0 Å². The van der Waals surface area contributed by atoms with Crippen molar-refractivity contribution in [1.29, 1.82) is 0 Å². The third kappa shape index (κ3) is 3.95. The van der Waals surface area contributed by atoms with E-state index < -0.39 is 0 Å². The van der Waals surface area contributed by atoms with E-state index in [4.69, 9.17) is 17.3 Å². The molecule has 1 saturated heterocycles. The van der Waals surface area contributed by atoms with Crippen LogP contribution in [-0.2, 0) is 0 Å². The van der Waals surface area contributed by atoms with Gasteiger partial charge in [-0.05, 0) is 62.4 Å². The lowest BCUT2D eigenvalue weighted by molar-refractivity contribution is 0.117. The maximum atomic E-state index is 5.98. The molecule has 1 aromatic rings. The average Bonchev–Trinajstić information content (AvgIpc) is 2.43. The van der Waals surface area contributed by atoms with Gasteiger partial charge in [-0.25, -0.2) is 0 Å². The molecule has 19 heavy (non-hydrogen) atoms. The minimum atomic E-state index is 0.526. The van der Waals surface area contributed by atoms with Crippen LogP contribution in [0.5, 0.6) is 0 Å². The highest BCUT2D eigenvalue weighted by molar-refractivity contribution is 6.30. The molecule has 0 saturated carbocycles. The monoisotopic (exact) mass is 280 g/mol. The second-order valence-electron chi connectivity index (χ2n) is 5.56. The van der Waals surface area contributed by atoms with Gasteiger partial charge in [-0.1, -0.05) is 30.7 Å². The van der Waals surface area contributed by atoms with Gasteiger partial charge in [0.15, 0.2) is 0 Å². The number of nitrogens with zero attached hydrogens (tertiary/aromatic N) is 1. The van der Waals surface area contributed by atoms with Crippen LogP contribution in [0.2, 0.25) is 5.02 Å². The van der Waals surface area contributed by atoms with Crippen molar-refractivity contribution in [2.75, 3.05) is 19.6 Å². The first-order valence-corrected chi connectivity index (χ1v) is 7.82. The van der Waals surface area contributed by atoms with Gasteiger partial charge in [0.05, 0.1) is 0 Å². The molecule has 1 aliphatic rings. The van der Waals surface area contributed by atoms with Gasteiger partial charge in [0.1, 0.15) is 0 Å². The molecular formula is C16H25ClN2. The van der Waals surface area contributed by atoms with Crippen LogP contribution in [0.15, 0.2) is 24.3 Å². The summed E-state index contributed by atoms with van der Waals surface area (Å²) in [6, 6.07) is 8.87. The topological polar surface area (TPSA) is 29.3 Å². The van der Waals surface area contributed by atoms with Crippen molar-refractivity contribution in [3.63, 3.8) is 0 Å². The van der Waals surface area contributed by atoms with Crippen LogP contribution in [0, 0.1) is 5.92 Å². The number of nitrogens with two attached hydrogens (primary N) is 1. The SMILES string of the molecule is CCC(c1ccc(Cl)cc1)N1CCCC(CCN)C1. The summed E-state index contributed by atoms with van der Waals surface area (Å²) in [4.78, 5) is 2.63. The van der Waals surface area contributed by atoms with Crippen molar-refractivity contribution < 1.29 is 0 Å². The normalized spacial score (nSPS) is 22.4. The molecule has 0 aliphatic carbocycles. The lowest BCUT2D eigenvalue weighted by Crippen LogP contribution is -2.38. The largest absolute Gasteiger partial charge is 0.330 e. The number of benzene rings is 1. The molecule has 1 fully saturated rings. The van der Waals surface area contributed by atoms with Gasteiger partial charge in [-0.3, -0.25) is 4.90 Å². The molecule has 1 heterocycles. The standard InChI is InChI=1S/C16H25ClN2/c1-2-16(14-5-7-15(17)8-6-14)19-11-3-4-13(12-19)9-10-18/h5-8,13,16H,2-4,9-12,18H2,1H3. The van der Waals surface area contributed by atoms with Crippen LogP contribution in [0.1, 0.15) is 44.2 Å². The third-order valence-electron chi connectivity index (χ3n) is 4.21. The van der Waals surface area contributed by atoms with E-state index in [1.165, 1.54) is 31.5 Å². The Bertz CT molecular complexity index is 375. The fourth-order valence-corrected chi connectivity index (χ4v) is 3.37. The molecule has 2 unspecified atom stereocenters. The molecule has 2 rings (SSSR count). The Morgan fingerprint density at radius 3 is 2.74 bits per heavy atom. The van der Waals surface area contributed by atoms with Crippen LogP contribution in [0.3, 0.4) is 0 Å². The van der Waals surface area contributed by atoms with Gasteiger partial charge >= 0.3 is 0 Å². The number of halogens is 1. The first-order valence-electron chi connectivity index (χ1n) is 7.44. The maximum absolute atomic E-state index is 5.98. The highest BCUT2D eigenvalue weighted by Crippen LogP contribution is 2.30. The second-order valence-corrected chi connectivity index (χ2v) is 5.99. The van der Waals surface area contributed by atoms with Crippen LogP contribution in [0.4, 0.5) is 0 Å². The second kappa shape index (κ2) is 7.28. The van der Waals surface area contributed by atoms with Crippen LogP contribution >= 0.6 is 11.6 Å². The quantitative estimate of drug-likeness (QED) is 0.888. The number of piperidine rings is 1. The molecule has 0 bridgehead atoms. The van der Waals surface area contributed by atoms with E-state index in [-0.39, 0.29) is 0 Å². The summed E-state index contributed by atoms with van der Waals surface area (Å²) in [6.07, 6.45) is 4.95. The van der Waals surface area contributed by atoms with Gasteiger partial charge in [-0.2, -0.15) is 0 Å². The Balaban J connectivity index is 2.06. The van der Waals surface area contributed by atoms with Crippen molar-refractivity contribution in [2.24, 2.45) is 11.7 Å². The minimum absolute atomic E-state index is 0.526. The zero-order valence-electron chi connectivity index (χ0n) is 11.8. The zero-order chi connectivity index (χ0) is 13.7. The highest BCUT2D eigenvalue weighted by Gasteiger charge is 2.25. The number of hydrogen-bond acceptors (Lipinski definition) is 2. The van der Waals surface area contributed by atoms with E-state index in [1.807, 2.05) is 12.1 Å². The Labute approximate surface area is 121 Å². The Kier molecular flexibility index (Phi) is 5.68. The Morgan fingerprint density at radius 2 is 2.11 bits per heavy atom. The van der Waals surface area contributed by atoms with Crippen molar-refractivity contribution in [1.82, 2.24) is 4.90 Å². The van der Waals surface area contributed by atoms with Crippen LogP contribution in [0.25, 0.3) is 0 Å². The summed E-state index contributed by atoms with van der Waals surface area (Å²) in [5, 5.41) is 0.818. The fraction of sp³-hybridized carbons (Fsp3) is 0.625. The lowest BCUT2D eigenvalue weighted by atomic mass is 9.92. The van der Waals surface area contributed by atoms with Crippen molar-refractivity contribution in [2.45, 2.75) is 38.6 Å². The van der Waals surface area contributed by atoms with E-state index in [2.05, 4.69) is 24.0 Å². The maximum Gasteiger partial charge on any atom is 0.0406 e. The minimum Gasteiger partial charge on any atom is -0.330 e. The fourth-order valence-electron chi connectivity index (χ4n) is 3.24. The zero-order valence-corrected chi connectivity index (χ0v) is 12.6. The summed E-state index contributed by atoms with van der Waals surface area (Å²) in [5.74, 6) is 0.778. The smallest absolute Gasteiger partial charge is 0.0406 e. The highest BCUT2D eigenvalue weighted by atomic mass is 35.5. The van der Waals surface area contributed by atoms with Crippen LogP contribution in [-0.4, -0.2) is 24.5 Å². The van der Waals surface area contributed by atoms with Crippen molar-refractivity contribution in [3.05, 3.63) is 34.9 Å². The number of rotatable bonds is 5. The summed E-state index contributed by atoms with van der Waals surface area (Å²) < 4.78 is 0. The predicted molar refractivity (Wildman–Crippen MR) is 82.5 cm³/mol. The third-order valence-corrected chi connectivity index (χ3v) is 4.46. The predicted octanol–water partition coefficient (Wildman–Crippen LogP) is 3.85. The molecule has 2 N–H and O–H groups in total. The van der Waals surface area contributed by atoms with Gasteiger partial charge in [0.25, 0.3) is 0 Å². The summed E-state index contributed by atoms with van der Waals surface area (Å²) in [6.45, 7) is 5.49. The molecule has 0 amide bonds. The van der Waals surface area contributed by atoms with E-state index >= 15 is 0 Å². The molecule has 0 radical (unpaired) electrons. The first kappa shape index (κ1) is 14.8. The molecule has 1 aliphatic heterocycles. The summed E-state index contributed by atoms with van der Waals surface area (Å²) >= 11 is 5.98. The molecular weight excluding hydrogens is 256 g/mol. The van der Waals surface area contributed by atoms with Crippen LogP contribution < -0.4 is 5.73 Å². The molecule has 3 heteroatoms. The van der Waals surface area contributed by atoms with E-state index in [1.54, 1.807) is 0 Å². The Morgan fingerprint density at radius 1 is 1.37 bits per heavy atom. The first-order chi connectivity index (χ1) is 9.24. The Hall–Kier alpha value is -0.570. The lowest BCUT2D eigenvalue weighted by Gasteiger charge is -2.38. The molecule has 2 atom stereocenters. The summed E-state index contributed by atoms with van der Waals surface area (Å²) in [5.41, 5.74) is 7.10. The molecule has 2 nitrogen and oxygen atoms in total. The van der Waals surface area contributed by atoms with Gasteiger partial charge in [0.2, 0.25) is 0 Å². The van der Waals surface area contributed by atoms with Crippen molar-refractivity contribution >= 4 is 11.6 Å². The van der Waals surface area contributed by atoms with Gasteiger partial charge in [-0.15, -0.1) is 0 Å². The van der Waals surface area contributed by atoms with Gasteiger partial charge in [0, 0.05) is 17.6 Å². The number of likely N-dealkylation sites (tertiary alicyclic amines) is 1.